The van der Waals surface area contributed by atoms with E-state index in [9.17, 15) is 9.59 Å². The topological polar surface area (TPSA) is 117 Å². The van der Waals surface area contributed by atoms with Gasteiger partial charge in [-0.2, -0.15) is 4.98 Å². The van der Waals surface area contributed by atoms with Gasteiger partial charge in [-0.3, -0.25) is 14.9 Å². The summed E-state index contributed by atoms with van der Waals surface area (Å²) in [6, 6.07) is 0.130. The van der Waals surface area contributed by atoms with Gasteiger partial charge in [0.25, 0.3) is 0 Å². The average molecular weight is 256 g/mol. The van der Waals surface area contributed by atoms with Crippen molar-refractivity contribution in [2.24, 2.45) is 5.41 Å². The number of ether oxygens (including phenoxy) is 1. The van der Waals surface area contributed by atoms with Crippen LogP contribution in [0.15, 0.2) is 0 Å². The number of carbonyl (C=O) groups is 2. The van der Waals surface area contributed by atoms with Crippen LogP contribution < -0.4 is 10.1 Å². The maximum absolute atomic E-state index is 11.6. The Bertz CT molecular complexity index is 441. The Morgan fingerprint density at radius 2 is 2.17 bits per heavy atom. The highest BCUT2D eigenvalue weighted by atomic mass is 16.5. The van der Waals surface area contributed by atoms with Crippen LogP contribution in [-0.4, -0.2) is 38.8 Å². The number of aromatic nitrogens is 3. The first kappa shape index (κ1) is 13.9. The summed E-state index contributed by atoms with van der Waals surface area (Å²) in [5.74, 6) is -1.36. The van der Waals surface area contributed by atoms with Crippen LogP contribution in [0.3, 0.4) is 0 Å². The van der Waals surface area contributed by atoms with Crippen molar-refractivity contribution in [2.45, 2.75) is 27.2 Å². The molecule has 1 aromatic rings. The molecule has 1 heterocycles. The summed E-state index contributed by atoms with van der Waals surface area (Å²) >= 11 is 0. The highest BCUT2D eigenvalue weighted by Gasteiger charge is 2.30. The molecule has 100 valence electrons. The van der Waals surface area contributed by atoms with Gasteiger partial charge < -0.3 is 9.84 Å². The molecule has 0 saturated heterocycles. The van der Waals surface area contributed by atoms with Crippen molar-refractivity contribution in [3.8, 4) is 6.01 Å². The smallest absolute Gasteiger partial charge is 0.337 e. The third-order valence-electron chi connectivity index (χ3n) is 2.18. The van der Waals surface area contributed by atoms with E-state index in [0.29, 0.717) is 6.61 Å². The molecule has 0 aliphatic carbocycles. The fourth-order valence-corrected chi connectivity index (χ4v) is 1.15. The van der Waals surface area contributed by atoms with Crippen LogP contribution in [0.5, 0.6) is 6.01 Å². The van der Waals surface area contributed by atoms with E-state index in [-0.39, 0.29) is 18.4 Å². The van der Waals surface area contributed by atoms with E-state index in [4.69, 9.17) is 9.84 Å². The van der Waals surface area contributed by atoms with Crippen LogP contribution >= 0.6 is 0 Å². The highest BCUT2D eigenvalue weighted by molar-refractivity contribution is 5.92. The number of hydrogen-bond acceptors (Lipinski definition) is 5. The van der Waals surface area contributed by atoms with Gasteiger partial charge in [0.15, 0.2) is 0 Å². The number of aromatic amines is 1. The third kappa shape index (κ3) is 3.72. The second kappa shape index (κ2) is 5.48. The van der Waals surface area contributed by atoms with E-state index in [1.165, 1.54) is 13.8 Å². The second-order valence-electron chi connectivity index (χ2n) is 4.31. The van der Waals surface area contributed by atoms with Crippen LogP contribution in [0.2, 0.25) is 0 Å². The number of anilines is 1. The van der Waals surface area contributed by atoms with E-state index < -0.39 is 17.3 Å². The van der Waals surface area contributed by atoms with Gasteiger partial charge in [-0.25, -0.2) is 5.10 Å². The standard InChI is InChI=1S/C10H16N4O4/c1-4-18-9-12-8(13-14-9)11-6(15)5-10(2,3)7(16)17/h4-5H2,1-3H3,(H,16,17)(H2,11,12,13,14,15). The molecule has 0 aliphatic heterocycles. The zero-order valence-corrected chi connectivity index (χ0v) is 10.5. The summed E-state index contributed by atoms with van der Waals surface area (Å²) in [7, 11) is 0. The van der Waals surface area contributed by atoms with Gasteiger partial charge in [0.2, 0.25) is 11.9 Å². The summed E-state index contributed by atoms with van der Waals surface area (Å²) in [5.41, 5.74) is -1.13. The first-order valence-corrected chi connectivity index (χ1v) is 5.43. The number of hydrogen-bond donors (Lipinski definition) is 3. The highest BCUT2D eigenvalue weighted by Crippen LogP contribution is 2.21. The summed E-state index contributed by atoms with van der Waals surface area (Å²) < 4.78 is 5.01. The predicted molar refractivity (Wildman–Crippen MR) is 62.2 cm³/mol. The number of H-pyrrole nitrogens is 1. The molecular formula is C10H16N4O4. The van der Waals surface area contributed by atoms with Crippen molar-refractivity contribution in [3.05, 3.63) is 0 Å². The van der Waals surface area contributed by atoms with Gasteiger partial charge >= 0.3 is 12.0 Å². The number of carboxylic acid groups (broad SMARTS) is 1. The van der Waals surface area contributed by atoms with Crippen molar-refractivity contribution in [1.29, 1.82) is 0 Å². The average Bonchev–Trinajstić information content (AvgIpc) is 2.64. The maximum atomic E-state index is 11.6. The lowest BCUT2D eigenvalue weighted by molar-refractivity contribution is -0.148. The Hall–Kier alpha value is -2.12. The van der Waals surface area contributed by atoms with Crippen molar-refractivity contribution in [1.82, 2.24) is 15.2 Å². The molecule has 1 aromatic heterocycles. The van der Waals surface area contributed by atoms with Crippen LogP contribution in [0.4, 0.5) is 5.95 Å². The lowest BCUT2D eigenvalue weighted by Gasteiger charge is -2.17. The molecule has 0 aromatic carbocycles. The number of nitrogens with one attached hydrogen (secondary N) is 2. The number of amides is 1. The molecule has 3 N–H and O–H groups in total. The van der Waals surface area contributed by atoms with Gasteiger partial charge in [0.05, 0.1) is 12.0 Å². The van der Waals surface area contributed by atoms with Gasteiger partial charge in [0.1, 0.15) is 0 Å². The minimum atomic E-state index is -1.13. The van der Waals surface area contributed by atoms with Crippen molar-refractivity contribution in [2.75, 3.05) is 11.9 Å². The minimum absolute atomic E-state index is 0.129. The van der Waals surface area contributed by atoms with Crippen LogP contribution in [0, 0.1) is 5.41 Å². The fraction of sp³-hybridized carbons (Fsp3) is 0.600. The number of carbonyl (C=O) groups excluding carboxylic acids is 1. The zero-order valence-electron chi connectivity index (χ0n) is 10.5. The number of rotatable bonds is 6. The summed E-state index contributed by atoms with van der Waals surface area (Å²) in [4.78, 5) is 26.3. The maximum Gasteiger partial charge on any atom is 0.337 e. The number of nitrogens with zero attached hydrogens (tertiary/aromatic N) is 2. The molecular weight excluding hydrogens is 240 g/mol. The Balaban J connectivity index is 2.56. The molecule has 0 spiro atoms. The Morgan fingerprint density at radius 3 is 2.72 bits per heavy atom. The van der Waals surface area contributed by atoms with E-state index in [1.807, 2.05) is 0 Å². The Labute approximate surface area is 104 Å². The van der Waals surface area contributed by atoms with Gasteiger partial charge in [-0.1, -0.05) is 0 Å². The molecule has 0 unspecified atom stereocenters. The Morgan fingerprint density at radius 1 is 1.50 bits per heavy atom. The SMILES string of the molecule is CCOc1n[nH]c(NC(=O)CC(C)(C)C(=O)O)n1. The molecule has 18 heavy (non-hydrogen) atoms. The zero-order chi connectivity index (χ0) is 13.8. The predicted octanol–water partition coefficient (Wildman–Crippen LogP) is 0.643. The van der Waals surface area contributed by atoms with Gasteiger partial charge in [0, 0.05) is 6.42 Å². The van der Waals surface area contributed by atoms with Gasteiger partial charge in [-0.15, -0.1) is 5.10 Å². The summed E-state index contributed by atoms with van der Waals surface area (Å²) in [5, 5.41) is 17.5. The quantitative estimate of drug-likeness (QED) is 0.687. The van der Waals surface area contributed by atoms with E-state index in [1.54, 1.807) is 6.92 Å². The summed E-state index contributed by atoms with van der Waals surface area (Å²) in [6.07, 6.45) is -0.160. The van der Waals surface area contributed by atoms with Crippen molar-refractivity contribution in [3.63, 3.8) is 0 Å². The molecule has 0 radical (unpaired) electrons. The molecule has 0 saturated carbocycles. The summed E-state index contributed by atoms with van der Waals surface area (Å²) in [6.45, 7) is 5.14. The van der Waals surface area contributed by atoms with E-state index in [2.05, 4.69) is 20.5 Å². The molecule has 0 atom stereocenters. The molecule has 0 bridgehead atoms. The molecule has 8 heteroatoms. The number of carboxylic acids is 1. The largest absolute Gasteiger partial charge is 0.481 e. The van der Waals surface area contributed by atoms with Crippen LogP contribution in [0.1, 0.15) is 27.2 Å². The second-order valence-corrected chi connectivity index (χ2v) is 4.31. The molecule has 0 fully saturated rings. The first-order chi connectivity index (χ1) is 8.35. The molecule has 1 amide bonds. The lowest BCUT2D eigenvalue weighted by atomic mass is 9.89. The van der Waals surface area contributed by atoms with Gasteiger partial charge in [-0.05, 0) is 20.8 Å². The molecule has 8 nitrogen and oxygen atoms in total. The first-order valence-electron chi connectivity index (χ1n) is 5.43. The van der Waals surface area contributed by atoms with Crippen LogP contribution in [0.25, 0.3) is 0 Å². The molecule has 1 rings (SSSR count). The van der Waals surface area contributed by atoms with Crippen LogP contribution in [-0.2, 0) is 9.59 Å². The Kier molecular flexibility index (Phi) is 4.24. The lowest BCUT2D eigenvalue weighted by Crippen LogP contribution is -2.29. The van der Waals surface area contributed by atoms with E-state index >= 15 is 0 Å². The monoisotopic (exact) mass is 256 g/mol. The number of aliphatic carboxylic acids is 1. The van der Waals surface area contributed by atoms with Crippen molar-refractivity contribution < 1.29 is 19.4 Å². The minimum Gasteiger partial charge on any atom is -0.481 e. The van der Waals surface area contributed by atoms with Crippen molar-refractivity contribution >= 4 is 17.8 Å². The molecule has 0 aliphatic rings. The third-order valence-corrected chi connectivity index (χ3v) is 2.18. The fourth-order valence-electron chi connectivity index (χ4n) is 1.15. The van der Waals surface area contributed by atoms with E-state index in [0.717, 1.165) is 0 Å². The normalized spacial score (nSPS) is 11.1.